The van der Waals surface area contributed by atoms with E-state index in [-0.39, 0.29) is 0 Å². The third kappa shape index (κ3) is 4.49. The second-order valence-electron chi connectivity index (χ2n) is 4.26. The standard InChI is InChI=1S/C10H22N2O2S/c1-2-3-7-12(8-6-11)15(13,14)9-10-4-5-10/h10H,2-9,11H2,1H3. The van der Waals surface area contributed by atoms with Gasteiger partial charge in [-0.3, -0.25) is 0 Å². The van der Waals surface area contributed by atoms with E-state index in [1.165, 1.54) is 0 Å². The molecule has 4 nitrogen and oxygen atoms in total. The van der Waals surface area contributed by atoms with Crippen LogP contribution in [-0.2, 0) is 10.0 Å². The number of unbranched alkanes of at least 4 members (excludes halogenated alkanes) is 1. The third-order valence-electron chi connectivity index (χ3n) is 2.68. The van der Waals surface area contributed by atoms with E-state index in [4.69, 9.17) is 5.73 Å². The molecule has 2 N–H and O–H groups in total. The van der Waals surface area contributed by atoms with Gasteiger partial charge in [-0.15, -0.1) is 0 Å². The molecule has 1 fully saturated rings. The molecule has 0 bridgehead atoms. The summed E-state index contributed by atoms with van der Waals surface area (Å²) in [4.78, 5) is 0. The van der Waals surface area contributed by atoms with E-state index >= 15 is 0 Å². The molecule has 0 spiro atoms. The van der Waals surface area contributed by atoms with Gasteiger partial charge in [-0.1, -0.05) is 13.3 Å². The highest BCUT2D eigenvalue weighted by molar-refractivity contribution is 7.89. The summed E-state index contributed by atoms with van der Waals surface area (Å²) in [6, 6.07) is 0. The molecular weight excluding hydrogens is 212 g/mol. The Balaban J connectivity index is 2.50. The average Bonchev–Trinajstić information content (AvgIpc) is 2.95. The summed E-state index contributed by atoms with van der Waals surface area (Å²) in [6.45, 7) is 3.57. The fourth-order valence-electron chi connectivity index (χ4n) is 1.56. The Morgan fingerprint density at radius 1 is 1.33 bits per heavy atom. The fourth-order valence-corrected chi connectivity index (χ4v) is 3.49. The van der Waals surface area contributed by atoms with Crippen molar-refractivity contribution in [3.05, 3.63) is 0 Å². The fraction of sp³-hybridized carbons (Fsp3) is 1.00. The number of nitrogens with two attached hydrogens (primary N) is 1. The predicted molar refractivity (Wildman–Crippen MR) is 62.0 cm³/mol. The summed E-state index contributed by atoms with van der Waals surface area (Å²) in [6.07, 6.45) is 4.08. The van der Waals surface area contributed by atoms with Gasteiger partial charge in [-0.2, -0.15) is 0 Å². The first-order chi connectivity index (χ1) is 7.10. The van der Waals surface area contributed by atoms with Crippen LogP contribution in [-0.4, -0.2) is 38.1 Å². The molecule has 0 saturated heterocycles. The minimum Gasteiger partial charge on any atom is -0.329 e. The molecule has 0 aromatic carbocycles. The zero-order chi connectivity index (χ0) is 11.3. The molecule has 1 saturated carbocycles. The molecule has 1 aliphatic carbocycles. The summed E-state index contributed by atoms with van der Waals surface area (Å²) in [7, 11) is -3.04. The van der Waals surface area contributed by atoms with E-state index in [1.807, 2.05) is 0 Å². The van der Waals surface area contributed by atoms with Gasteiger partial charge in [-0.05, 0) is 25.2 Å². The number of sulfonamides is 1. The van der Waals surface area contributed by atoms with Gasteiger partial charge in [-0.25, -0.2) is 12.7 Å². The Bertz CT molecular complexity index is 273. The molecule has 15 heavy (non-hydrogen) atoms. The lowest BCUT2D eigenvalue weighted by molar-refractivity contribution is 0.408. The maximum absolute atomic E-state index is 11.9. The second-order valence-corrected chi connectivity index (χ2v) is 6.28. The summed E-state index contributed by atoms with van der Waals surface area (Å²) < 4.78 is 25.5. The van der Waals surface area contributed by atoms with E-state index in [1.54, 1.807) is 4.31 Å². The highest BCUT2D eigenvalue weighted by atomic mass is 32.2. The normalized spacial score (nSPS) is 17.3. The predicted octanol–water partition coefficient (Wildman–Crippen LogP) is 0.787. The molecule has 0 radical (unpaired) electrons. The van der Waals surface area contributed by atoms with E-state index in [2.05, 4.69) is 6.92 Å². The smallest absolute Gasteiger partial charge is 0.214 e. The summed E-state index contributed by atoms with van der Waals surface area (Å²) >= 11 is 0. The Morgan fingerprint density at radius 2 is 2.00 bits per heavy atom. The van der Waals surface area contributed by atoms with Crippen molar-refractivity contribution in [3.63, 3.8) is 0 Å². The Hall–Kier alpha value is -0.130. The topological polar surface area (TPSA) is 63.4 Å². The van der Waals surface area contributed by atoms with Gasteiger partial charge < -0.3 is 5.73 Å². The van der Waals surface area contributed by atoms with Crippen molar-refractivity contribution in [2.75, 3.05) is 25.4 Å². The van der Waals surface area contributed by atoms with Crippen LogP contribution in [0.25, 0.3) is 0 Å². The van der Waals surface area contributed by atoms with Gasteiger partial charge in [0.05, 0.1) is 5.75 Å². The van der Waals surface area contributed by atoms with Crippen molar-refractivity contribution in [3.8, 4) is 0 Å². The second kappa shape index (κ2) is 5.82. The van der Waals surface area contributed by atoms with Gasteiger partial charge in [0.25, 0.3) is 0 Å². The SMILES string of the molecule is CCCCN(CCN)S(=O)(=O)CC1CC1. The Labute approximate surface area is 92.9 Å². The number of rotatable bonds is 8. The van der Waals surface area contributed by atoms with E-state index in [9.17, 15) is 8.42 Å². The molecule has 0 amide bonds. The van der Waals surface area contributed by atoms with Crippen molar-refractivity contribution < 1.29 is 8.42 Å². The van der Waals surface area contributed by atoms with Gasteiger partial charge in [0.15, 0.2) is 0 Å². The highest BCUT2D eigenvalue weighted by Crippen LogP contribution is 2.31. The maximum atomic E-state index is 11.9. The number of nitrogens with zero attached hydrogens (tertiary/aromatic N) is 1. The van der Waals surface area contributed by atoms with Crippen LogP contribution in [0.4, 0.5) is 0 Å². The monoisotopic (exact) mass is 234 g/mol. The quantitative estimate of drug-likeness (QED) is 0.675. The van der Waals surface area contributed by atoms with E-state index in [0.29, 0.717) is 31.3 Å². The first kappa shape index (κ1) is 12.9. The highest BCUT2D eigenvalue weighted by Gasteiger charge is 2.31. The Morgan fingerprint density at radius 3 is 2.47 bits per heavy atom. The zero-order valence-corrected chi connectivity index (χ0v) is 10.3. The van der Waals surface area contributed by atoms with Gasteiger partial charge in [0.2, 0.25) is 10.0 Å². The molecule has 90 valence electrons. The van der Waals surface area contributed by atoms with Crippen LogP contribution >= 0.6 is 0 Å². The van der Waals surface area contributed by atoms with Gasteiger partial charge in [0, 0.05) is 19.6 Å². The first-order valence-corrected chi connectivity index (χ1v) is 7.39. The third-order valence-corrected chi connectivity index (χ3v) is 4.72. The molecule has 0 heterocycles. The zero-order valence-electron chi connectivity index (χ0n) is 9.48. The van der Waals surface area contributed by atoms with E-state index in [0.717, 1.165) is 25.7 Å². The number of hydrogen-bond acceptors (Lipinski definition) is 3. The van der Waals surface area contributed by atoms with Crippen molar-refractivity contribution in [1.29, 1.82) is 0 Å². The maximum Gasteiger partial charge on any atom is 0.214 e. The summed E-state index contributed by atoms with van der Waals surface area (Å²) in [5.74, 6) is 0.744. The average molecular weight is 234 g/mol. The molecular formula is C10H22N2O2S. The molecule has 1 aliphatic rings. The van der Waals surface area contributed by atoms with Crippen molar-refractivity contribution in [2.45, 2.75) is 32.6 Å². The van der Waals surface area contributed by atoms with Crippen molar-refractivity contribution in [1.82, 2.24) is 4.31 Å². The molecule has 0 aliphatic heterocycles. The molecule has 5 heteroatoms. The van der Waals surface area contributed by atoms with Crippen LogP contribution in [0.5, 0.6) is 0 Å². The van der Waals surface area contributed by atoms with Gasteiger partial charge in [0.1, 0.15) is 0 Å². The lowest BCUT2D eigenvalue weighted by Gasteiger charge is -2.21. The molecule has 0 aromatic rings. The molecule has 1 rings (SSSR count). The molecule has 0 aromatic heterocycles. The first-order valence-electron chi connectivity index (χ1n) is 5.78. The largest absolute Gasteiger partial charge is 0.329 e. The van der Waals surface area contributed by atoms with Crippen LogP contribution in [0.2, 0.25) is 0 Å². The Kier molecular flexibility index (Phi) is 5.02. The van der Waals surface area contributed by atoms with Crippen LogP contribution in [0.3, 0.4) is 0 Å². The molecule has 0 unspecified atom stereocenters. The summed E-state index contributed by atoms with van der Waals surface area (Å²) in [5.41, 5.74) is 5.44. The van der Waals surface area contributed by atoms with Crippen molar-refractivity contribution in [2.24, 2.45) is 11.7 Å². The van der Waals surface area contributed by atoms with Crippen LogP contribution in [0, 0.1) is 5.92 Å². The molecule has 0 atom stereocenters. The minimum absolute atomic E-state index is 0.330. The van der Waals surface area contributed by atoms with Crippen LogP contribution < -0.4 is 5.73 Å². The van der Waals surface area contributed by atoms with Crippen LogP contribution in [0.1, 0.15) is 32.6 Å². The van der Waals surface area contributed by atoms with Gasteiger partial charge >= 0.3 is 0 Å². The lowest BCUT2D eigenvalue weighted by atomic mass is 10.3. The van der Waals surface area contributed by atoms with Crippen LogP contribution in [0.15, 0.2) is 0 Å². The van der Waals surface area contributed by atoms with Crippen molar-refractivity contribution >= 4 is 10.0 Å². The number of hydrogen-bond donors (Lipinski definition) is 1. The van der Waals surface area contributed by atoms with E-state index < -0.39 is 10.0 Å². The minimum atomic E-state index is -3.04. The lowest BCUT2D eigenvalue weighted by Crippen LogP contribution is -2.38. The summed E-state index contributed by atoms with van der Waals surface area (Å²) in [5, 5.41) is 0.